The molecule has 1 atom stereocenters. The van der Waals surface area contributed by atoms with Crippen molar-refractivity contribution in [1.82, 2.24) is 9.62 Å². The van der Waals surface area contributed by atoms with Crippen LogP contribution in [0.25, 0.3) is 6.08 Å². The molecule has 4 rings (SSSR count). The predicted molar refractivity (Wildman–Crippen MR) is 165 cm³/mol. The van der Waals surface area contributed by atoms with Crippen molar-refractivity contribution in [2.45, 2.75) is 13.3 Å². The predicted octanol–water partition coefficient (Wildman–Crippen LogP) is 3.09. The maximum atomic E-state index is 13.7. The molecule has 1 heterocycles. The maximum absolute atomic E-state index is 13.7. The number of benzene rings is 3. The molecule has 11 heteroatoms. The summed E-state index contributed by atoms with van der Waals surface area (Å²) in [6.07, 6.45) is 0.883. The quantitative estimate of drug-likeness (QED) is 0.274. The fraction of sp³-hybridized carbons (Fsp3) is 0.258. The smallest absolute Gasteiger partial charge is 0.257 e. The topological polar surface area (TPSA) is 133 Å². The maximum Gasteiger partial charge on any atom is 0.257 e. The van der Waals surface area contributed by atoms with E-state index in [-0.39, 0.29) is 6.54 Å². The summed E-state index contributed by atoms with van der Waals surface area (Å²) in [6, 6.07) is 24.9. The van der Waals surface area contributed by atoms with Crippen LogP contribution in [-0.4, -0.2) is 63.8 Å². The summed E-state index contributed by atoms with van der Waals surface area (Å²) in [7, 11) is -4.25. The summed E-state index contributed by atoms with van der Waals surface area (Å²) in [5, 5.41) is 0.870. The van der Waals surface area contributed by atoms with Gasteiger partial charge in [0.15, 0.2) is 0 Å². The molecule has 1 aliphatic rings. The number of para-hydroxylation sites is 1. The normalized spacial score (nSPS) is 14.4. The van der Waals surface area contributed by atoms with Gasteiger partial charge in [0, 0.05) is 56.2 Å². The van der Waals surface area contributed by atoms with E-state index in [0.717, 1.165) is 11.1 Å². The molecule has 0 aliphatic carbocycles. The molecule has 0 spiro atoms. The van der Waals surface area contributed by atoms with Crippen LogP contribution in [0.1, 0.15) is 18.9 Å². The molecule has 1 saturated heterocycles. The van der Waals surface area contributed by atoms with Crippen LogP contribution >= 0.6 is 0 Å². The number of nitrogens with zero attached hydrogens (tertiary/aromatic N) is 3. The Labute approximate surface area is 246 Å². The first kappa shape index (κ1) is 30.3. The first-order chi connectivity index (χ1) is 20.2. The number of carbonyl (C=O) groups excluding carboxylic acids is 3. The summed E-state index contributed by atoms with van der Waals surface area (Å²) < 4.78 is 27.5. The molecular weight excluding hydrogens is 554 g/mol. The number of piperazine rings is 1. The van der Waals surface area contributed by atoms with Gasteiger partial charge in [-0.05, 0) is 55.0 Å². The van der Waals surface area contributed by atoms with E-state index >= 15 is 0 Å². The average molecular weight is 590 g/mol. The Balaban J connectivity index is 1.50. The Morgan fingerprint density at radius 3 is 2.10 bits per heavy atom. The Bertz CT molecular complexity index is 1500. The van der Waals surface area contributed by atoms with Gasteiger partial charge in [-0.1, -0.05) is 48.5 Å². The van der Waals surface area contributed by atoms with Crippen molar-refractivity contribution in [1.29, 1.82) is 0 Å². The van der Waals surface area contributed by atoms with Crippen molar-refractivity contribution in [3.05, 3.63) is 95.9 Å². The Morgan fingerprint density at radius 2 is 1.50 bits per heavy atom. The molecule has 0 radical (unpaired) electrons. The zero-order chi connectivity index (χ0) is 30.1. The average Bonchev–Trinajstić information content (AvgIpc) is 3.00. The minimum Gasteiger partial charge on any atom is -0.399 e. The molecule has 3 N–H and O–H groups in total. The van der Waals surface area contributed by atoms with Gasteiger partial charge in [-0.2, -0.15) is 0 Å². The second-order valence-corrected chi connectivity index (χ2v) is 11.4. The summed E-state index contributed by atoms with van der Waals surface area (Å²) >= 11 is 0. The van der Waals surface area contributed by atoms with E-state index in [9.17, 15) is 22.8 Å². The molecule has 3 aromatic rings. The Kier molecular flexibility index (Phi) is 9.98. The third-order valence-corrected chi connectivity index (χ3v) is 8.00. The second kappa shape index (κ2) is 13.8. The van der Waals surface area contributed by atoms with Crippen molar-refractivity contribution in [2.24, 2.45) is 5.92 Å². The minimum absolute atomic E-state index is 0.224. The molecule has 0 saturated carbocycles. The molecule has 1 aliphatic heterocycles. The molecule has 1 unspecified atom stereocenters. The number of amides is 3. The molecule has 42 heavy (non-hydrogen) atoms. The zero-order valence-electron chi connectivity index (χ0n) is 23.4. The van der Waals surface area contributed by atoms with Gasteiger partial charge in [-0.25, -0.2) is 13.1 Å². The van der Waals surface area contributed by atoms with Gasteiger partial charge in [0.25, 0.3) is 10.0 Å². The van der Waals surface area contributed by atoms with Crippen molar-refractivity contribution in [3.8, 4) is 0 Å². The van der Waals surface area contributed by atoms with E-state index < -0.39 is 40.1 Å². The fourth-order valence-corrected chi connectivity index (χ4v) is 5.56. The highest BCUT2D eigenvalue weighted by atomic mass is 32.2. The van der Waals surface area contributed by atoms with E-state index in [1.165, 1.54) is 11.0 Å². The van der Waals surface area contributed by atoms with E-state index in [1.807, 2.05) is 29.0 Å². The van der Waals surface area contributed by atoms with Gasteiger partial charge >= 0.3 is 0 Å². The Morgan fingerprint density at radius 1 is 0.905 bits per heavy atom. The third kappa shape index (κ3) is 7.97. The lowest BCUT2D eigenvalue weighted by atomic mass is 10.0. The minimum atomic E-state index is -4.25. The number of sulfonamides is 1. The van der Waals surface area contributed by atoms with Gasteiger partial charge in [-0.15, -0.1) is 0 Å². The molecule has 10 nitrogen and oxygen atoms in total. The van der Waals surface area contributed by atoms with Gasteiger partial charge in [0.05, 0.1) is 5.41 Å². The number of rotatable bonds is 10. The highest BCUT2D eigenvalue weighted by Crippen LogP contribution is 2.22. The fourth-order valence-electron chi connectivity index (χ4n) is 4.73. The standard InChI is InChI=1S/C31H35N5O5S/c1-2-36(27-11-7-4-8-12-27)31(39)28(30(38)33-42(40,41)22-17-24-9-5-3-6-10-24)23-29(37)35-20-18-34(19-21-35)26-15-13-25(32)14-16-26/h3-17,22,28H,2,18-21,23,32H2,1H3,(H,33,38)/b22-17+. The van der Waals surface area contributed by atoms with Crippen molar-refractivity contribution in [2.75, 3.05) is 48.3 Å². The van der Waals surface area contributed by atoms with Gasteiger partial charge < -0.3 is 20.4 Å². The van der Waals surface area contributed by atoms with Crippen molar-refractivity contribution in [3.63, 3.8) is 0 Å². The molecule has 3 aromatic carbocycles. The first-order valence-corrected chi connectivity index (χ1v) is 15.3. The van der Waals surface area contributed by atoms with Gasteiger partial charge in [0.1, 0.15) is 5.92 Å². The van der Waals surface area contributed by atoms with E-state index in [2.05, 4.69) is 4.90 Å². The molecule has 0 bridgehead atoms. The summed E-state index contributed by atoms with van der Waals surface area (Å²) in [4.78, 5) is 45.6. The number of anilines is 3. The van der Waals surface area contributed by atoms with Crippen LogP contribution in [0.4, 0.5) is 17.1 Å². The summed E-state index contributed by atoms with van der Waals surface area (Å²) in [5.41, 5.74) is 8.60. The SMILES string of the molecule is CCN(C(=O)C(CC(=O)N1CCN(c2ccc(N)cc2)CC1)C(=O)NS(=O)(=O)/C=C/c1ccccc1)c1ccccc1. The van der Waals surface area contributed by atoms with Crippen LogP contribution in [0.5, 0.6) is 0 Å². The highest BCUT2D eigenvalue weighted by Gasteiger charge is 2.36. The molecule has 220 valence electrons. The number of carbonyl (C=O) groups is 3. The largest absolute Gasteiger partial charge is 0.399 e. The second-order valence-electron chi connectivity index (χ2n) is 9.86. The van der Waals surface area contributed by atoms with Crippen molar-refractivity contribution < 1.29 is 22.8 Å². The van der Waals surface area contributed by atoms with Crippen LogP contribution in [0.15, 0.2) is 90.3 Å². The van der Waals surface area contributed by atoms with E-state index in [0.29, 0.717) is 43.1 Å². The van der Waals surface area contributed by atoms with Crippen molar-refractivity contribution >= 4 is 50.9 Å². The number of nitrogen functional groups attached to an aromatic ring is 1. The number of nitrogens with two attached hydrogens (primary N) is 1. The first-order valence-electron chi connectivity index (χ1n) is 13.7. The summed E-state index contributed by atoms with van der Waals surface area (Å²) in [6.45, 7) is 3.87. The number of nitrogens with one attached hydrogen (secondary N) is 1. The highest BCUT2D eigenvalue weighted by molar-refractivity contribution is 7.93. The zero-order valence-corrected chi connectivity index (χ0v) is 24.2. The molecule has 0 aromatic heterocycles. The lowest BCUT2D eigenvalue weighted by Crippen LogP contribution is -2.51. The lowest BCUT2D eigenvalue weighted by Gasteiger charge is -2.36. The van der Waals surface area contributed by atoms with E-state index in [4.69, 9.17) is 5.73 Å². The van der Waals surface area contributed by atoms with Gasteiger partial charge in [-0.3, -0.25) is 14.4 Å². The van der Waals surface area contributed by atoms with Gasteiger partial charge in [0.2, 0.25) is 17.7 Å². The van der Waals surface area contributed by atoms with Crippen LogP contribution in [0, 0.1) is 5.92 Å². The summed E-state index contributed by atoms with van der Waals surface area (Å²) in [5.74, 6) is -3.66. The molecule has 3 amide bonds. The number of hydrogen-bond acceptors (Lipinski definition) is 7. The Hall–Kier alpha value is -4.64. The van der Waals surface area contributed by atoms with Crippen LogP contribution < -0.4 is 20.3 Å². The monoisotopic (exact) mass is 589 g/mol. The van der Waals surface area contributed by atoms with Crippen LogP contribution in [0.2, 0.25) is 0 Å². The number of hydrogen-bond donors (Lipinski definition) is 2. The molecular formula is C31H35N5O5S. The van der Waals surface area contributed by atoms with E-state index in [1.54, 1.807) is 72.5 Å². The molecule has 1 fully saturated rings. The van der Waals surface area contributed by atoms with Crippen LogP contribution in [0.3, 0.4) is 0 Å². The van der Waals surface area contributed by atoms with Crippen LogP contribution in [-0.2, 0) is 24.4 Å². The lowest BCUT2D eigenvalue weighted by molar-refractivity contribution is -0.141. The third-order valence-electron chi connectivity index (χ3n) is 7.02.